The number of hydrogen-bond donors (Lipinski definition) is 1. The average molecular weight is 249 g/mol. The second-order valence-electron chi connectivity index (χ2n) is 5.43. The van der Waals surface area contributed by atoms with Gasteiger partial charge in [-0.05, 0) is 32.6 Å². The minimum atomic E-state index is -3.05. The van der Waals surface area contributed by atoms with Gasteiger partial charge >= 0.3 is 0 Å². The zero-order chi connectivity index (χ0) is 12.4. The molecule has 1 saturated carbocycles. The summed E-state index contributed by atoms with van der Waals surface area (Å²) in [5.41, 5.74) is 0. The van der Waals surface area contributed by atoms with Crippen molar-refractivity contribution in [3.63, 3.8) is 0 Å². The normalized spacial score (nSPS) is 18.1. The Kier molecular flexibility index (Phi) is 4.37. The fourth-order valence-electron chi connectivity index (χ4n) is 1.70. The van der Waals surface area contributed by atoms with Gasteiger partial charge in [-0.3, -0.25) is 4.90 Å². The van der Waals surface area contributed by atoms with Crippen LogP contribution in [0.25, 0.3) is 0 Å². The third-order valence-corrected chi connectivity index (χ3v) is 5.37. The maximum absolute atomic E-state index is 11.6. The van der Waals surface area contributed by atoms with Crippen molar-refractivity contribution in [2.45, 2.75) is 31.4 Å². The molecular formula is C11H23NO3S. The van der Waals surface area contributed by atoms with Crippen molar-refractivity contribution in [3.8, 4) is 0 Å². The van der Waals surface area contributed by atoms with Gasteiger partial charge in [-0.2, -0.15) is 0 Å². The van der Waals surface area contributed by atoms with E-state index in [0.717, 1.165) is 6.54 Å². The van der Waals surface area contributed by atoms with E-state index in [1.54, 1.807) is 13.8 Å². The molecule has 0 aromatic rings. The number of rotatable bonds is 7. The van der Waals surface area contributed by atoms with Crippen LogP contribution in [0.1, 0.15) is 26.7 Å². The van der Waals surface area contributed by atoms with Crippen molar-refractivity contribution < 1.29 is 13.5 Å². The average Bonchev–Trinajstić information content (AvgIpc) is 2.85. The van der Waals surface area contributed by atoms with Crippen molar-refractivity contribution in [2.24, 2.45) is 5.92 Å². The SMILES string of the molecule is CC(C)(CN(CCO)CC1CC1)S(C)(=O)=O. The highest BCUT2D eigenvalue weighted by Crippen LogP contribution is 2.30. The molecule has 0 aliphatic heterocycles. The number of sulfone groups is 1. The number of aliphatic hydroxyl groups excluding tert-OH is 1. The molecule has 1 aliphatic carbocycles. The van der Waals surface area contributed by atoms with Gasteiger partial charge in [0.15, 0.2) is 9.84 Å². The van der Waals surface area contributed by atoms with E-state index < -0.39 is 14.6 Å². The summed E-state index contributed by atoms with van der Waals surface area (Å²) in [6.45, 7) is 5.57. The van der Waals surface area contributed by atoms with E-state index in [1.165, 1.54) is 19.1 Å². The van der Waals surface area contributed by atoms with E-state index in [4.69, 9.17) is 5.11 Å². The Morgan fingerprint density at radius 1 is 1.38 bits per heavy atom. The minimum absolute atomic E-state index is 0.0898. The van der Waals surface area contributed by atoms with Crippen LogP contribution >= 0.6 is 0 Å². The summed E-state index contributed by atoms with van der Waals surface area (Å²) in [6.07, 6.45) is 3.75. The topological polar surface area (TPSA) is 57.6 Å². The van der Waals surface area contributed by atoms with Crippen molar-refractivity contribution >= 4 is 9.84 Å². The third kappa shape index (κ3) is 4.03. The molecule has 0 spiro atoms. The number of aliphatic hydroxyl groups is 1. The molecule has 0 unspecified atom stereocenters. The zero-order valence-corrected chi connectivity index (χ0v) is 11.3. The van der Waals surface area contributed by atoms with Gasteiger partial charge in [0.05, 0.1) is 11.4 Å². The molecule has 1 N–H and O–H groups in total. The van der Waals surface area contributed by atoms with Crippen LogP contribution in [0.2, 0.25) is 0 Å². The molecule has 1 fully saturated rings. The van der Waals surface area contributed by atoms with Gasteiger partial charge in [-0.1, -0.05) is 0 Å². The predicted molar refractivity (Wildman–Crippen MR) is 65.2 cm³/mol. The molecule has 0 atom stereocenters. The van der Waals surface area contributed by atoms with Crippen molar-refractivity contribution in [1.29, 1.82) is 0 Å². The lowest BCUT2D eigenvalue weighted by molar-refractivity contribution is 0.180. The Labute approximate surface area is 98.6 Å². The van der Waals surface area contributed by atoms with Crippen LogP contribution in [0.5, 0.6) is 0 Å². The Morgan fingerprint density at radius 3 is 2.31 bits per heavy atom. The molecule has 16 heavy (non-hydrogen) atoms. The van der Waals surface area contributed by atoms with E-state index in [-0.39, 0.29) is 6.61 Å². The molecule has 0 heterocycles. The molecule has 0 radical (unpaired) electrons. The second-order valence-corrected chi connectivity index (χ2v) is 8.08. The molecule has 1 aliphatic rings. The molecule has 0 aromatic heterocycles. The minimum Gasteiger partial charge on any atom is -0.395 e. The van der Waals surface area contributed by atoms with Gasteiger partial charge in [0.25, 0.3) is 0 Å². The summed E-state index contributed by atoms with van der Waals surface area (Å²) in [6, 6.07) is 0. The van der Waals surface area contributed by atoms with Crippen LogP contribution in [0.15, 0.2) is 0 Å². The summed E-state index contributed by atoms with van der Waals surface area (Å²) in [5.74, 6) is 0.710. The van der Waals surface area contributed by atoms with Crippen LogP contribution in [-0.4, -0.2) is 55.7 Å². The van der Waals surface area contributed by atoms with Crippen molar-refractivity contribution in [2.75, 3.05) is 32.5 Å². The lowest BCUT2D eigenvalue weighted by Gasteiger charge is -2.31. The standard InChI is InChI=1S/C11H23NO3S/c1-11(2,16(3,14)15)9-12(6-7-13)8-10-4-5-10/h10,13H,4-9H2,1-3H3. The van der Waals surface area contributed by atoms with E-state index >= 15 is 0 Å². The Bertz CT molecular complexity index is 320. The fourth-order valence-corrected chi connectivity index (χ4v) is 2.11. The predicted octanol–water partition coefficient (Wildman–Crippen LogP) is 0.514. The van der Waals surface area contributed by atoms with Crippen LogP contribution in [0.4, 0.5) is 0 Å². The quantitative estimate of drug-likeness (QED) is 0.714. The van der Waals surface area contributed by atoms with Crippen LogP contribution < -0.4 is 0 Å². The molecular weight excluding hydrogens is 226 g/mol. The Balaban J connectivity index is 2.58. The smallest absolute Gasteiger partial charge is 0.153 e. The fraction of sp³-hybridized carbons (Fsp3) is 1.00. The molecule has 5 heteroatoms. The first-order valence-corrected chi connectivity index (χ1v) is 7.68. The Hall–Kier alpha value is -0.130. The first kappa shape index (κ1) is 13.9. The molecule has 0 saturated heterocycles. The number of hydrogen-bond acceptors (Lipinski definition) is 4. The second kappa shape index (κ2) is 5.02. The van der Waals surface area contributed by atoms with Gasteiger partial charge in [-0.25, -0.2) is 8.42 Å². The molecule has 96 valence electrons. The maximum Gasteiger partial charge on any atom is 0.153 e. The van der Waals surface area contributed by atoms with E-state index in [0.29, 0.717) is 19.0 Å². The highest BCUT2D eigenvalue weighted by atomic mass is 32.2. The van der Waals surface area contributed by atoms with Gasteiger partial charge in [0.2, 0.25) is 0 Å². The van der Waals surface area contributed by atoms with Gasteiger partial charge in [0.1, 0.15) is 0 Å². The summed E-state index contributed by atoms with van der Waals surface area (Å²) in [7, 11) is -3.05. The van der Waals surface area contributed by atoms with Crippen molar-refractivity contribution in [3.05, 3.63) is 0 Å². The summed E-state index contributed by atoms with van der Waals surface area (Å²) in [4.78, 5) is 2.07. The molecule has 1 rings (SSSR count). The van der Waals surface area contributed by atoms with Crippen LogP contribution in [-0.2, 0) is 9.84 Å². The maximum atomic E-state index is 11.6. The van der Waals surface area contributed by atoms with Gasteiger partial charge in [-0.15, -0.1) is 0 Å². The molecule has 0 aromatic carbocycles. The van der Waals surface area contributed by atoms with Crippen LogP contribution in [0, 0.1) is 5.92 Å². The molecule has 0 amide bonds. The lowest BCUT2D eigenvalue weighted by atomic mass is 10.2. The van der Waals surface area contributed by atoms with Gasteiger partial charge in [0, 0.05) is 25.9 Å². The van der Waals surface area contributed by atoms with Crippen molar-refractivity contribution in [1.82, 2.24) is 4.90 Å². The largest absolute Gasteiger partial charge is 0.395 e. The highest BCUT2D eigenvalue weighted by molar-refractivity contribution is 7.92. The van der Waals surface area contributed by atoms with Gasteiger partial charge < -0.3 is 5.11 Å². The first-order chi connectivity index (χ1) is 7.26. The zero-order valence-electron chi connectivity index (χ0n) is 10.4. The van der Waals surface area contributed by atoms with E-state index in [2.05, 4.69) is 4.90 Å². The molecule has 4 nitrogen and oxygen atoms in total. The first-order valence-electron chi connectivity index (χ1n) is 5.79. The number of nitrogens with zero attached hydrogens (tertiary/aromatic N) is 1. The highest BCUT2D eigenvalue weighted by Gasteiger charge is 2.34. The summed E-state index contributed by atoms with van der Waals surface area (Å²) < 4.78 is 22.5. The van der Waals surface area contributed by atoms with Crippen LogP contribution in [0.3, 0.4) is 0 Å². The third-order valence-electron chi connectivity index (χ3n) is 3.24. The molecule has 0 bridgehead atoms. The summed E-state index contributed by atoms with van der Waals surface area (Å²) in [5, 5.41) is 8.98. The van der Waals surface area contributed by atoms with E-state index in [9.17, 15) is 8.42 Å². The Morgan fingerprint density at radius 2 is 1.94 bits per heavy atom. The summed E-state index contributed by atoms with van der Waals surface area (Å²) >= 11 is 0. The van der Waals surface area contributed by atoms with E-state index in [1.807, 2.05) is 0 Å². The monoisotopic (exact) mass is 249 g/mol. The lowest BCUT2D eigenvalue weighted by Crippen LogP contribution is -2.45.